The Balaban J connectivity index is 2.11. The quantitative estimate of drug-likeness (QED) is 0.697. The molecule has 0 saturated heterocycles. The molecule has 0 heterocycles. The summed E-state index contributed by atoms with van der Waals surface area (Å²) in [6, 6.07) is 14.0. The van der Waals surface area contributed by atoms with E-state index in [1.54, 1.807) is 18.2 Å². The first kappa shape index (κ1) is 19.4. The summed E-state index contributed by atoms with van der Waals surface area (Å²) in [5, 5.41) is 0. The van der Waals surface area contributed by atoms with Crippen LogP contribution in [0.3, 0.4) is 0 Å². The predicted octanol–water partition coefficient (Wildman–Crippen LogP) is 3.74. The minimum atomic E-state index is -4.27. The fourth-order valence-corrected chi connectivity index (χ4v) is 3.60. The van der Waals surface area contributed by atoms with Gasteiger partial charge in [-0.2, -0.15) is 8.42 Å². The standard InChI is InChI=1S/C19H25NO4S/c1-3-6-18(14(2)20)15-9-11-17(12-10-15)24-13-16-7-4-5-8-19(16)25(21,22)23/h4-5,7-12,14,18H,3,6,13,20H2,1-2H3,(H,21,22,23). The van der Waals surface area contributed by atoms with Gasteiger partial charge >= 0.3 is 0 Å². The number of hydrogen-bond donors (Lipinski definition) is 2. The molecule has 0 fully saturated rings. The molecule has 0 amide bonds. The molecule has 0 saturated carbocycles. The molecule has 136 valence electrons. The molecular weight excluding hydrogens is 338 g/mol. The van der Waals surface area contributed by atoms with E-state index in [1.165, 1.54) is 11.6 Å². The van der Waals surface area contributed by atoms with Gasteiger partial charge in [-0.05, 0) is 43.0 Å². The van der Waals surface area contributed by atoms with Gasteiger partial charge in [0.05, 0.1) is 0 Å². The lowest BCUT2D eigenvalue weighted by molar-refractivity contribution is 0.302. The van der Waals surface area contributed by atoms with Crippen molar-refractivity contribution in [3.8, 4) is 5.75 Å². The number of hydrogen-bond acceptors (Lipinski definition) is 4. The van der Waals surface area contributed by atoms with Crippen molar-refractivity contribution in [2.45, 2.75) is 50.2 Å². The molecule has 0 spiro atoms. The molecule has 0 aliphatic rings. The van der Waals surface area contributed by atoms with Crippen molar-refractivity contribution in [3.63, 3.8) is 0 Å². The van der Waals surface area contributed by atoms with E-state index < -0.39 is 10.1 Å². The number of benzene rings is 2. The molecule has 0 radical (unpaired) electrons. The first-order chi connectivity index (χ1) is 11.8. The van der Waals surface area contributed by atoms with Crippen LogP contribution in [0.25, 0.3) is 0 Å². The summed E-state index contributed by atoms with van der Waals surface area (Å²) in [5.74, 6) is 0.938. The average molecular weight is 363 g/mol. The highest BCUT2D eigenvalue weighted by Gasteiger charge is 2.16. The largest absolute Gasteiger partial charge is 0.489 e. The molecule has 6 heteroatoms. The molecular formula is C19H25NO4S. The van der Waals surface area contributed by atoms with Gasteiger partial charge in [-0.15, -0.1) is 0 Å². The Morgan fingerprint density at radius 3 is 2.32 bits per heavy atom. The lowest BCUT2D eigenvalue weighted by atomic mass is 9.89. The van der Waals surface area contributed by atoms with Crippen molar-refractivity contribution in [1.82, 2.24) is 0 Å². The van der Waals surface area contributed by atoms with E-state index in [4.69, 9.17) is 10.5 Å². The first-order valence-corrected chi connectivity index (χ1v) is 9.80. The molecule has 0 bridgehead atoms. The predicted molar refractivity (Wildman–Crippen MR) is 98.3 cm³/mol. The Bertz CT molecular complexity index is 785. The zero-order valence-corrected chi connectivity index (χ0v) is 15.4. The van der Waals surface area contributed by atoms with E-state index in [1.807, 2.05) is 31.2 Å². The minimum Gasteiger partial charge on any atom is -0.489 e. The Morgan fingerprint density at radius 1 is 1.12 bits per heavy atom. The molecule has 5 nitrogen and oxygen atoms in total. The number of nitrogens with two attached hydrogens (primary N) is 1. The molecule has 2 aromatic rings. The van der Waals surface area contributed by atoms with Gasteiger partial charge in [-0.1, -0.05) is 43.7 Å². The Kier molecular flexibility index (Phi) is 6.58. The third-order valence-electron chi connectivity index (χ3n) is 4.19. The number of rotatable bonds is 8. The minimum absolute atomic E-state index is 0.0565. The second-order valence-electron chi connectivity index (χ2n) is 6.19. The van der Waals surface area contributed by atoms with Gasteiger partial charge in [0.1, 0.15) is 17.3 Å². The van der Waals surface area contributed by atoms with Gasteiger partial charge in [-0.3, -0.25) is 4.55 Å². The third kappa shape index (κ3) is 5.29. The summed E-state index contributed by atoms with van der Waals surface area (Å²) in [7, 11) is -4.27. The second-order valence-corrected chi connectivity index (χ2v) is 7.58. The highest BCUT2D eigenvalue weighted by Crippen LogP contribution is 2.26. The molecule has 0 aromatic heterocycles. The monoisotopic (exact) mass is 363 g/mol. The van der Waals surface area contributed by atoms with Gasteiger partial charge in [0, 0.05) is 11.6 Å². The fraction of sp³-hybridized carbons (Fsp3) is 0.368. The van der Waals surface area contributed by atoms with Crippen LogP contribution in [-0.4, -0.2) is 19.0 Å². The van der Waals surface area contributed by atoms with Crippen LogP contribution in [-0.2, 0) is 16.7 Å². The van der Waals surface area contributed by atoms with Gasteiger partial charge in [0.15, 0.2) is 0 Å². The molecule has 0 aliphatic carbocycles. The van der Waals surface area contributed by atoms with Crippen LogP contribution in [0.15, 0.2) is 53.4 Å². The Labute approximate surface area is 149 Å². The summed E-state index contributed by atoms with van der Waals surface area (Å²) in [6.45, 7) is 4.21. The summed E-state index contributed by atoms with van der Waals surface area (Å²) in [4.78, 5) is -0.133. The first-order valence-electron chi connectivity index (χ1n) is 8.36. The van der Waals surface area contributed by atoms with E-state index in [0.717, 1.165) is 12.8 Å². The van der Waals surface area contributed by atoms with Gasteiger partial charge in [0.25, 0.3) is 10.1 Å². The molecule has 25 heavy (non-hydrogen) atoms. The van der Waals surface area contributed by atoms with Crippen molar-refractivity contribution in [1.29, 1.82) is 0 Å². The zero-order chi connectivity index (χ0) is 18.4. The smallest absolute Gasteiger partial charge is 0.294 e. The SMILES string of the molecule is CCCC(c1ccc(OCc2ccccc2S(=O)(=O)O)cc1)C(C)N. The average Bonchev–Trinajstić information content (AvgIpc) is 2.57. The molecule has 2 aromatic carbocycles. The van der Waals surface area contributed by atoms with E-state index in [-0.39, 0.29) is 17.5 Å². The molecule has 3 N–H and O–H groups in total. The Morgan fingerprint density at radius 2 is 1.76 bits per heavy atom. The van der Waals surface area contributed by atoms with Crippen LogP contribution >= 0.6 is 0 Å². The second kappa shape index (κ2) is 8.47. The van der Waals surface area contributed by atoms with Crippen molar-refractivity contribution < 1.29 is 17.7 Å². The summed E-state index contributed by atoms with van der Waals surface area (Å²) >= 11 is 0. The molecule has 2 rings (SSSR count). The topological polar surface area (TPSA) is 89.6 Å². The Hall–Kier alpha value is -1.89. The molecule has 0 aliphatic heterocycles. The summed E-state index contributed by atoms with van der Waals surface area (Å²) in [6.07, 6.45) is 2.09. The van der Waals surface area contributed by atoms with Crippen LogP contribution in [0.1, 0.15) is 43.7 Å². The maximum atomic E-state index is 11.4. The van der Waals surface area contributed by atoms with Crippen molar-refractivity contribution in [3.05, 3.63) is 59.7 Å². The lowest BCUT2D eigenvalue weighted by Gasteiger charge is -2.21. The van der Waals surface area contributed by atoms with Crippen molar-refractivity contribution in [2.24, 2.45) is 5.73 Å². The lowest BCUT2D eigenvalue weighted by Crippen LogP contribution is -2.24. The number of ether oxygens (including phenoxy) is 1. The molecule has 2 atom stereocenters. The van der Waals surface area contributed by atoms with Gasteiger partial charge < -0.3 is 10.5 Å². The van der Waals surface area contributed by atoms with Gasteiger partial charge in [0.2, 0.25) is 0 Å². The summed E-state index contributed by atoms with van der Waals surface area (Å²) in [5.41, 5.74) is 7.65. The van der Waals surface area contributed by atoms with Crippen LogP contribution in [0.4, 0.5) is 0 Å². The maximum absolute atomic E-state index is 11.4. The normalized spacial score (nSPS) is 14.1. The molecule has 2 unspecified atom stereocenters. The maximum Gasteiger partial charge on any atom is 0.294 e. The van der Waals surface area contributed by atoms with E-state index in [0.29, 0.717) is 17.2 Å². The van der Waals surface area contributed by atoms with Crippen molar-refractivity contribution >= 4 is 10.1 Å². The van der Waals surface area contributed by atoms with Crippen molar-refractivity contribution in [2.75, 3.05) is 0 Å². The van der Waals surface area contributed by atoms with Crippen LogP contribution < -0.4 is 10.5 Å². The van der Waals surface area contributed by atoms with E-state index in [9.17, 15) is 13.0 Å². The van der Waals surface area contributed by atoms with Crippen LogP contribution in [0, 0.1) is 0 Å². The fourth-order valence-electron chi connectivity index (χ4n) is 2.89. The van der Waals surface area contributed by atoms with Crippen LogP contribution in [0.2, 0.25) is 0 Å². The van der Waals surface area contributed by atoms with Gasteiger partial charge in [-0.25, -0.2) is 0 Å². The van der Waals surface area contributed by atoms with E-state index in [2.05, 4.69) is 6.92 Å². The summed E-state index contributed by atoms with van der Waals surface area (Å²) < 4.78 is 37.7. The zero-order valence-electron chi connectivity index (χ0n) is 14.6. The van der Waals surface area contributed by atoms with E-state index >= 15 is 0 Å². The highest BCUT2D eigenvalue weighted by molar-refractivity contribution is 7.85. The third-order valence-corrected chi connectivity index (χ3v) is 5.14. The van der Waals surface area contributed by atoms with Crippen LogP contribution in [0.5, 0.6) is 5.75 Å². The highest BCUT2D eigenvalue weighted by atomic mass is 32.2.